The quantitative estimate of drug-likeness (QED) is 0.736. The van der Waals surface area contributed by atoms with Gasteiger partial charge in [0.05, 0.1) is 12.2 Å². The van der Waals surface area contributed by atoms with Crippen molar-refractivity contribution in [2.45, 2.75) is 46.5 Å². The van der Waals surface area contributed by atoms with Crippen molar-refractivity contribution >= 4 is 17.6 Å². The minimum atomic E-state index is -0.369. The maximum atomic E-state index is 12.2. The van der Waals surface area contributed by atoms with Crippen LogP contribution >= 0.6 is 0 Å². The van der Waals surface area contributed by atoms with Gasteiger partial charge in [-0.05, 0) is 38.0 Å². The van der Waals surface area contributed by atoms with Crippen LogP contribution in [-0.4, -0.2) is 18.5 Å². The lowest BCUT2D eigenvalue weighted by atomic mass is 9.98. The molecule has 1 unspecified atom stereocenters. The molecule has 1 N–H and O–H groups in total. The molecule has 0 fully saturated rings. The lowest BCUT2D eigenvalue weighted by Crippen LogP contribution is -2.22. The van der Waals surface area contributed by atoms with Gasteiger partial charge in [0.15, 0.2) is 0 Å². The van der Waals surface area contributed by atoms with Crippen LogP contribution in [0.2, 0.25) is 0 Å². The van der Waals surface area contributed by atoms with Gasteiger partial charge < -0.3 is 10.1 Å². The Labute approximate surface area is 126 Å². The number of nitrogens with one attached hydrogen (secondary N) is 1. The maximum absolute atomic E-state index is 12.2. The van der Waals surface area contributed by atoms with Crippen molar-refractivity contribution in [3.8, 4) is 0 Å². The number of esters is 1. The van der Waals surface area contributed by atoms with E-state index in [0.717, 1.165) is 25.7 Å². The Morgan fingerprint density at radius 1 is 1.24 bits per heavy atom. The Morgan fingerprint density at radius 3 is 2.62 bits per heavy atom. The van der Waals surface area contributed by atoms with Crippen molar-refractivity contribution in [1.82, 2.24) is 0 Å². The Kier molecular flexibility index (Phi) is 7.51. The van der Waals surface area contributed by atoms with Gasteiger partial charge in [0.2, 0.25) is 5.91 Å². The number of carbonyl (C=O) groups excluding carboxylic acids is 2. The third-order valence-corrected chi connectivity index (χ3v) is 3.41. The first-order valence-corrected chi connectivity index (χ1v) is 7.70. The van der Waals surface area contributed by atoms with Crippen LogP contribution in [0.3, 0.4) is 0 Å². The monoisotopic (exact) mass is 291 g/mol. The van der Waals surface area contributed by atoms with E-state index < -0.39 is 0 Å². The standard InChI is InChI=1S/C17H25NO3/c1-4-7-9-13(5-2)16(19)18-15-11-8-10-14(12-15)17(20)21-6-3/h8,10-13H,4-7,9H2,1-3H3,(H,18,19). The van der Waals surface area contributed by atoms with Gasteiger partial charge in [0.25, 0.3) is 0 Å². The molecule has 0 saturated heterocycles. The Balaban J connectivity index is 2.71. The summed E-state index contributed by atoms with van der Waals surface area (Å²) in [5, 5.41) is 2.89. The summed E-state index contributed by atoms with van der Waals surface area (Å²) < 4.78 is 4.96. The Morgan fingerprint density at radius 2 is 2.00 bits per heavy atom. The van der Waals surface area contributed by atoms with E-state index in [9.17, 15) is 9.59 Å². The van der Waals surface area contributed by atoms with Gasteiger partial charge in [-0.15, -0.1) is 0 Å². The van der Waals surface area contributed by atoms with E-state index in [1.807, 2.05) is 6.92 Å². The molecular formula is C17H25NO3. The van der Waals surface area contributed by atoms with Crippen molar-refractivity contribution in [1.29, 1.82) is 0 Å². The van der Waals surface area contributed by atoms with Crippen LogP contribution < -0.4 is 5.32 Å². The summed E-state index contributed by atoms with van der Waals surface area (Å²) in [4.78, 5) is 23.9. The molecule has 1 atom stereocenters. The average molecular weight is 291 g/mol. The highest BCUT2D eigenvalue weighted by atomic mass is 16.5. The number of hydrogen-bond acceptors (Lipinski definition) is 3. The van der Waals surface area contributed by atoms with Crippen LogP contribution in [0.5, 0.6) is 0 Å². The van der Waals surface area contributed by atoms with Crippen molar-refractivity contribution in [2.24, 2.45) is 5.92 Å². The van der Waals surface area contributed by atoms with Gasteiger partial charge in [-0.3, -0.25) is 4.79 Å². The highest BCUT2D eigenvalue weighted by Gasteiger charge is 2.16. The molecule has 1 aromatic carbocycles. The second-order valence-electron chi connectivity index (χ2n) is 5.04. The normalized spacial score (nSPS) is 11.8. The molecule has 0 heterocycles. The first-order chi connectivity index (χ1) is 10.1. The summed E-state index contributed by atoms with van der Waals surface area (Å²) in [5.74, 6) is -0.324. The predicted molar refractivity (Wildman–Crippen MR) is 84.3 cm³/mol. The van der Waals surface area contributed by atoms with E-state index in [1.165, 1.54) is 0 Å². The molecule has 0 aliphatic heterocycles. The van der Waals surface area contributed by atoms with E-state index in [-0.39, 0.29) is 17.8 Å². The molecule has 0 spiro atoms. The number of carbonyl (C=O) groups is 2. The topological polar surface area (TPSA) is 55.4 Å². The summed E-state index contributed by atoms with van der Waals surface area (Å²) in [5.41, 5.74) is 1.09. The largest absolute Gasteiger partial charge is 0.462 e. The summed E-state index contributed by atoms with van der Waals surface area (Å²) in [6, 6.07) is 6.87. The summed E-state index contributed by atoms with van der Waals surface area (Å²) in [6.07, 6.45) is 3.86. The summed E-state index contributed by atoms with van der Waals surface area (Å²) in [7, 11) is 0. The molecule has 4 nitrogen and oxygen atoms in total. The van der Waals surface area contributed by atoms with Crippen LogP contribution in [0, 0.1) is 5.92 Å². The fourth-order valence-electron chi connectivity index (χ4n) is 2.15. The van der Waals surface area contributed by atoms with E-state index in [1.54, 1.807) is 31.2 Å². The zero-order valence-corrected chi connectivity index (χ0v) is 13.1. The number of hydrogen-bond donors (Lipinski definition) is 1. The number of rotatable bonds is 8. The average Bonchev–Trinajstić information content (AvgIpc) is 2.48. The van der Waals surface area contributed by atoms with E-state index in [0.29, 0.717) is 17.9 Å². The summed E-state index contributed by atoms with van der Waals surface area (Å²) in [6.45, 7) is 6.25. The highest BCUT2D eigenvalue weighted by Crippen LogP contribution is 2.17. The van der Waals surface area contributed by atoms with Crippen molar-refractivity contribution in [2.75, 3.05) is 11.9 Å². The first kappa shape index (κ1) is 17.2. The smallest absolute Gasteiger partial charge is 0.338 e. The van der Waals surface area contributed by atoms with Crippen molar-refractivity contribution < 1.29 is 14.3 Å². The fraction of sp³-hybridized carbons (Fsp3) is 0.529. The molecule has 0 saturated carbocycles. The van der Waals surface area contributed by atoms with Gasteiger partial charge in [0.1, 0.15) is 0 Å². The molecule has 21 heavy (non-hydrogen) atoms. The number of ether oxygens (including phenoxy) is 1. The van der Waals surface area contributed by atoms with Gasteiger partial charge in [-0.25, -0.2) is 4.79 Å². The highest BCUT2D eigenvalue weighted by molar-refractivity contribution is 5.95. The van der Waals surface area contributed by atoms with Crippen molar-refractivity contribution in [3.05, 3.63) is 29.8 Å². The van der Waals surface area contributed by atoms with Gasteiger partial charge in [-0.1, -0.05) is 32.8 Å². The van der Waals surface area contributed by atoms with Crippen LogP contribution in [0.25, 0.3) is 0 Å². The Bertz CT molecular complexity index is 471. The minimum absolute atomic E-state index is 0.0203. The van der Waals surface area contributed by atoms with E-state index in [2.05, 4.69) is 12.2 Å². The molecule has 0 aliphatic carbocycles. The van der Waals surface area contributed by atoms with Gasteiger partial charge >= 0.3 is 5.97 Å². The van der Waals surface area contributed by atoms with Gasteiger partial charge in [0, 0.05) is 11.6 Å². The third kappa shape index (κ3) is 5.58. The molecule has 4 heteroatoms. The molecule has 0 radical (unpaired) electrons. The molecule has 0 aliphatic rings. The second kappa shape index (κ2) is 9.16. The molecule has 0 aromatic heterocycles. The molecular weight excluding hydrogens is 266 g/mol. The summed E-state index contributed by atoms with van der Waals surface area (Å²) >= 11 is 0. The zero-order chi connectivity index (χ0) is 15.7. The second-order valence-corrected chi connectivity index (χ2v) is 5.04. The molecule has 0 bridgehead atoms. The number of amides is 1. The number of unbranched alkanes of at least 4 members (excludes halogenated alkanes) is 1. The van der Waals surface area contributed by atoms with Crippen LogP contribution in [-0.2, 0) is 9.53 Å². The predicted octanol–water partition coefficient (Wildman–Crippen LogP) is 4.02. The molecule has 1 rings (SSSR count). The molecule has 1 amide bonds. The molecule has 116 valence electrons. The van der Waals surface area contributed by atoms with Crippen LogP contribution in [0.15, 0.2) is 24.3 Å². The number of anilines is 1. The lowest BCUT2D eigenvalue weighted by Gasteiger charge is -2.15. The third-order valence-electron chi connectivity index (χ3n) is 3.41. The first-order valence-electron chi connectivity index (χ1n) is 7.70. The SMILES string of the molecule is CCCCC(CC)C(=O)Nc1cccc(C(=O)OCC)c1. The van der Waals surface area contributed by atoms with E-state index >= 15 is 0 Å². The number of benzene rings is 1. The van der Waals surface area contributed by atoms with Crippen LogP contribution in [0.1, 0.15) is 56.8 Å². The zero-order valence-electron chi connectivity index (χ0n) is 13.1. The lowest BCUT2D eigenvalue weighted by molar-refractivity contribution is -0.120. The maximum Gasteiger partial charge on any atom is 0.338 e. The molecule has 1 aromatic rings. The van der Waals surface area contributed by atoms with Gasteiger partial charge in [-0.2, -0.15) is 0 Å². The Hall–Kier alpha value is -1.84. The fourth-order valence-corrected chi connectivity index (χ4v) is 2.15. The minimum Gasteiger partial charge on any atom is -0.462 e. The van der Waals surface area contributed by atoms with E-state index in [4.69, 9.17) is 4.74 Å². The van der Waals surface area contributed by atoms with Crippen LogP contribution in [0.4, 0.5) is 5.69 Å². The van der Waals surface area contributed by atoms with Crippen molar-refractivity contribution in [3.63, 3.8) is 0 Å².